The van der Waals surface area contributed by atoms with Gasteiger partial charge in [-0.2, -0.15) is 0 Å². The van der Waals surface area contributed by atoms with Crippen LogP contribution in [0.1, 0.15) is 27.7 Å². The summed E-state index contributed by atoms with van der Waals surface area (Å²) in [4.78, 5) is 40.7. The molecular formula is C12H20O9Ti. The van der Waals surface area contributed by atoms with Crippen molar-refractivity contribution in [3.63, 3.8) is 0 Å². The maximum atomic E-state index is 10.2. The van der Waals surface area contributed by atoms with E-state index in [0.29, 0.717) is 0 Å². The molecule has 0 bridgehead atoms. The summed E-state index contributed by atoms with van der Waals surface area (Å²) in [6, 6.07) is 0. The van der Waals surface area contributed by atoms with Crippen LogP contribution in [0.3, 0.4) is 0 Å². The summed E-state index contributed by atoms with van der Waals surface area (Å²) in [5, 5.41) is 33.4. The third kappa shape index (κ3) is 11.1. The molecule has 0 aliphatic rings. The van der Waals surface area contributed by atoms with Crippen molar-refractivity contribution in [2.75, 3.05) is 0 Å². The van der Waals surface area contributed by atoms with E-state index < -0.39 is 47.5 Å². The quantitative estimate of drug-likeness (QED) is 0.502. The molecule has 0 radical (unpaired) electrons. The van der Waals surface area contributed by atoms with E-state index in [1.165, 1.54) is 27.7 Å². The zero-order valence-electron chi connectivity index (χ0n) is 12.6. The molecule has 4 unspecified atom stereocenters. The van der Waals surface area contributed by atoms with Crippen molar-refractivity contribution in [2.45, 2.75) is 27.7 Å². The number of carboxylic acids is 4. The topological polar surface area (TPSA) is 166 Å². The number of hydrogen-bond acceptors (Lipinski definition) is 5. The fraction of sp³-hybridized carbons (Fsp3) is 0.667. The molecule has 0 aromatic heterocycles. The van der Waals surface area contributed by atoms with Crippen LogP contribution < -0.4 is 0 Å². The predicted molar refractivity (Wildman–Crippen MR) is 67.9 cm³/mol. The Labute approximate surface area is 139 Å². The second-order valence-electron chi connectivity index (χ2n) is 4.51. The summed E-state index contributed by atoms with van der Waals surface area (Å²) in [6.45, 7) is 5.50. The Bertz CT molecular complexity index is 324. The van der Waals surface area contributed by atoms with Crippen molar-refractivity contribution in [3.05, 3.63) is 0 Å². The minimum absolute atomic E-state index is 0.750. The molecule has 0 aromatic carbocycles. The standard InChI is InChI=1S/2C6H10O4.O.Ti/c2*1-3(5(7)8)4(2)6(9)10;;/h2*3-4H,1-2H3,(H,7,8)(H,9,10);;. The van der Waals surface area contributed by atoms with Gasteiger partial charge in [-0.25, -0.2) is 0 Å². The van der Waals surface area contributed by atoms with E-state index in [1.54, 1.807) is 0 Å². The molecule has 0 aromatic rings. The first-order valence-electron chi connectivity index (χ1n) is 6.05. The molecule has 0 aliphatic carbocycles. The molecule has 4 N–H and O–H groups in total. The molecule has 10 heteroatoms. The Morgan fingerprint density at radius 3 is 0.682 bits per heavy atom. The Hall–Kier alpha value is -1.61. The summed E-state index contributed by atoms with van der Waals surface area (Å²) >= 11 is 0.750. The van der Waals surface area contributed by atoms with Crippen molar-refractivity contribution in [1.82, 2.24) is 0 Å². The first kappa shape index (κ1) is 25.4. The molecule has 0 aliphatic heterocycles. The summed E-state index contributed by atoms with van der Waals surface area (Å²) in [6.07, 6.45) is 0. The summed E-state index contributed by atoms with van der Waals surface area (Å²) in [7, 11) is 0. The van der Waals surface area contributed by atoms with E-state index in [2.05, 4.69) is 0 Å². The van der Waals surface area contributed by atoms with E-state index in [9.17, 15) is 19.2 Å². The van der Waals surface area contributed by atoms with Gasteiger partial charge in [0.2, 0.25) is 0 Å². The van der Waals surface area contributed by atoms with Crippen LogP contribution in [0.2, 0.25) is 0 Å². The number of rotatable bonds is 6. The average Bonchev–Trinajstić information content (AvgIpc) is 2.46. The molecule has 0 saturated heterocycles. The summed E-state index contributed by atoms with van der Waals surface area (Å²) < 4.78 is 8.25. The first-order valence-corrected chi connectivity index (χ1v) is 6.68. The molecular weight excluding hydrogens is 336 g/mol. The van der Waals surface area contributed by atoms with Crippen molar-refractivity contribution in [2.24, 2.45) is 23.7 Å². The molecule has 0 amide bonds. The number of hydrogen-bond donors (Lipinski definition) is 4. The van der Waals surface area contributed by atoms with Crippen LogP contribution >= 0.6 is 0 Å². The number of carboxylic acid groups (broad SMARTS) is 4. The van der Waals surface area contributed by atoms with E-state index >= 15 is 0 Å². The van der Waals surface area contributed by atoms with Crippen LogP contribution in [0, 0.1) is 23.7 Å². The molecule has 22 heavy (non-hydrogen) atoms. The van der Waals surface area contributed by atoms with E-state index in [0.717, 1.165) is 20.4 Å². The van der Waals surface area contributed by atoms with Gasteiger partial charge in [-0.3, -0.25) is 19.2 Å². The Morgan fingerprint density at radius 1 is 0.545 bits per heavy atom. The van der Waals surface area contributed by atoms with Crippen molar-refractivity contribution in [3.8, 4) is 0 Å². The zero-order chi connectivity index (χ0) is 18.6. The molecule has 0 rings (SSSR count). The van der Waals surface area contributed by atoms with Gasteiger partial charge in [-0.15, -0.1) is 0 Å². The van der Waals surface area contributed by atoms with Gasteiger partial charge in [0.25, 0.3) is 0 Å². The van der Waals surface area contributed by atoms with E-state index in [1.807, 2.05) is 0 Å². The van der Waals surface area contributed by atoms with Gasteiger partial charge in [0, 0.05) is 0 Å². The normalized spacial score (nSPS) is 14.5. The fourth-order valence-electron chi connectivity index (χ4n) is 0.855. The van der Waals surface area contributed by atoms with Crippen LogP contribution in [-0.4, -0.2) is 44.3 Å². The predicted octanol–water partition coefficient (Wildman–Crippen LogP) is 0.734. The third-order valence-electron chi connectivity index (χ3n) is 3.06. The summed E-state index contributed by atoms with van der Waals surface area (Å²) in [5.74, 6) is -7.58. The van der Waals surface area contributed by atoms with Gasteiger partial charge in [0.1, 0.15) is 0 Å². The summed E-state index contributed by atoms with van der Waals surface area (Å²) in [5.41, 5.74) is 0. The van der Waals surface area contributed by atoms with Crippen LogP contribution in [0.15, 0.2) is 0 Å². The second-order valence-corrected chi connectivity index (χ2v) is 4.51. The van der Waals surface area contributed by atoms with Gasteiger partial charge < -0.3 is 20.4 Å². The van der Waals surface area contributed by atoms with Crippen LogP contribution in [-0.2, 0) is 42.9 Å². The molecule has 9 nitrogen and oxygen atoms in total. The SMILES string of the molecule is CC(C(=O)O)C(C)C(=O)O.CC(C(=O)O)C(C)C(=O)O.[O]=[Ti]. The Balaban J connectivity index is -0.000000294. The van der Waals surface area contributed by atoms with Crippen molar-refractivity contribution >= 4 is 23.9 Å². The first-order chi connectivity index (χ1) is 9.93. The van der Waals surface area contributed by atoms with Crippen LogP contribution in [0.5, 0.6) is 0 Å². The molecule has 0 heterocycles. The number of aliphatic carboxylic acids is 4. The Morgan fingerprint density at radius 2 is 0.636 bits per heavy atom. The second kappa shape index (κ2) is 13.1. The molecule has 0 fully saturated rings. The van der Waals surface area contributed by atoms with Crippen molar-refractivity contribution < 1.29 is 63.3 Å². The van der Waals surface area contributed by atoms with Crippen LogP contribution in [0.25, 0.3) is 0 Å². The van der Waals surface area contributed by atoms with E-state index in [4.69, 9.17) is 23.8 Å². The minimum atomic E-state index is -1.07. The maximum absolute atomic E-state index is 10.2. The zero-order valence-corrected chi connectivity index (χ0v) is 14.2. The fourth-order valence-corrected chi connectivity index (χ4v) is 0.855. The van der Waals surface area contributed by atoms with Gasteiger partial charge in [0.15, 0.2) is 0 Å². The van der Waals surface area contributed by atoms with E-state index in [-0.39, 0.29) is 0 Å². The molecule has 0 spiro atoms. The van der Waals surface area contributed by atoms with Gasteiger partial charge in [-0.1, -0.05) is 27.7 Å². The van der Waals surface area contributed by atoms with Crippen LogP contribution in [0.4, 0.5) is 0 Å². The third-order valence-corrected chi connectivity index (χ3v) is 3.06. The van der Waals surface area contributed by atoms with Crippen molar-refractivity contribution in [1.29, 1.82) is 0 Å². The Kier molecular flexibility index (Phi) is 15.1. The average molecular weight is 356 g/mol. The van der Waals surface area contributed by atoms with Gasteiger partial charge >= 0.3 is 47.6 Å². The van der Waals surface area contributed by atoms with Gasteiger partial charge in [0.05, 0.1) is 23.7 Å². The monoisotopic (exact) mass is 356 g/mol. The molecule has 126 valence electrons. The molecule has 4 atom stereocenters. The number of carbonyl (C=O) groups is 4. The molecule has 0 saturated carbocycles. The van der Waals surface area contributed by atoms with Gasteiger partial charge in [-0.05, 0) is 0 Å².